The van der Waals surface area contributed by atoms with Crippen molar-refractivity contribution in [2.24, 2.45) is 0 Å². The van der Waals surface area contributed by atoms with Gasteiger partial charge in [-0.25, -0.2) is 4.98 Å². The van der Waals surface area contributed by atoms with E-state index in [1.165, 1.54) is 0 Å². The fourth-order valence-corrected chi connectivity index (χ4v) is 3.27. The molecule has 0 saturated heterocycles. The van der Waals surface area contributed by atoms with Crippen LogP contribution in [-0.2, 0) is 0 Å². The van der Waals surface area contributed by atoms with Gasteiger partial charge >= 0.3 is 0 Å². The molecule has 0 aliphatic carbocycles. The highest BCUT2D eigenvalue weighted by atomic mass is 16.5. The summed E-state index contributed by atoms with van der Waals surface area (Å²) in [5.41, 5.74) is 2.41. The summed E-state index contributed by atoms with van der Waals surface area (Å²) in [5, 5.41) is 2.89. The van der Waals surface area contributed by atoms with Crippen molar-refractivity contribution < 1.29 is 23.4 Å². The summed E-state index contributed by atoms with van der Waals surface area (Å²) in [7, 11) is 4.76. The summed E-state index contributed by atoms with van der Waals surface area (Å²) in [6.45, 7) is 0. The average Bonchev–Trinajstić information content (AvgIpc) is 3.34. The summed E-state index contributed by atoms with van der Waals surface area (Å²) in [5.74, 6) is 2.56. The maximum atomic E-state index is 13.0. The van der Waals surface area contributed by atoms with E-state index in [0.29, 0.717) is 45.7 Å². The first-order valence-corrected chi connectivity index (χ1v) is 9.86. The molecule has 0 atom stereocenters. The van der Waals surface area contributed by atoms with Crippen LogP contribution in [0.5, 0.6) is 17.2 Å². The molecule has 162 valence electrons. The zero-order valence-corrected chi connectivity index (χ0v) is 17.9. The first-order chi connectivity index (χ1) is 15.6. The Morgan fingerprint density at radius 3 is 2.28 bits per heavy atom. The van der Waals surface area contributed by atoms with Gasteiger partial charge in [0.1, 0.15) is 17.2 Å². The van der Waals surface area contributed by atoms with Crippen molar-refractivity contribution in [3.05, 3.63) is 78.5 Å². The molecular weight excluding hydrogens is 408 g/mol. The van der Waals surface area contributed by atoms with Crippen molar-refractivity contribution in [2.75, 3.05) is 26.6 Å². The van der Waals surface area contributed by atoms with E-state index in [9.17, 15) is 4.79 Å². The number of rotatable bonds is 7. The summed E-state index contributed by atoms with van der Waals surface area (Å²) in [6.07, 6.45) is 1.61. The molecule has 1 N–H and O–H groups in total. The molecule has 0 saturated carbocycles. The first kappa shape index (κ1) is 21.0. The molecule has 0 bridgehead atoms. The lowest BCUT2D eigenvalue weighted by atomic mass is 10.1. The van der Waals surface area contributed by atoms with E-state index in [-0.39, 0.29) is 5.91 Å². The number of benzene rings is 3. The minimum atomic E-state index is -0.271. The number of hydrogen-bond donors (Lipinski definition) is 1. The van der Waals surface area contributed by atoms with Crippen molar-refractivity contribution >= 4 is 11.6 Å². The number of oxazole rings is 1. The van der Waals surface area contributed by atoms with Gasteiger partial charge in [-0.05, 0) is 48.5 Å². The molecule has 1 heterocycles. The second kappa shape index (κ2) is 9.26. The van der Waals surface area contributed by atoms with Crippen LogP contribution in [0.15, 0.2) is 77.3 Å². The zero-order chi connectivity index (χ0) is 22.5. The van der Waals surface area contributed by atoms with Crippen LogP contribution in [0.2, 0.25) is 0 Å². The monoisotopic (exact) mass is 430 g/mol. The van der Waals surface area contributed by atoms with E-state index in [2.05, 4.69) is 10.3 Å². The van der Waals surface area contributed by atoms with Crippen LogP contribution in [0.3, 0.4) is 0 Å². The van der Waals surface area contributed by atoms with E-state index in [1.807, 2.05) is 18.2 Å². The fourth-order valence-electron chi connectivity index (χ4n) is 3.27. The molecule has 0 unspecified atom stereocenters. The lowest BCUT2D eigenvalue weighted by Crippen LogP contribution is -2.13. The molecule has 4 aromatic rings. The van der Waals surface area contributed by atoms with Gasteiger partial charge in [-0.3, -0.25) is 4.79 Å². The predicted molar refractivity (Wildman–Crippen MR) is 121 cm³/mol. The summed E-state index contributed by atoms with van der Waals surface area (Å²) >= 11 is 0. The number of nitrogens with zero attached hydrogens (tertiary/aromatic N) is 1. The Labute approximate surface area is 185 Å². The third kappa shape index (κ3) is 4.27. The SMILES string of the molecule is COc1ccc(NC(=O)c2ccccc2-c2ncc(-c3ccc(OC)cc3OC)o2)cc1. The molecular formula is C25H22N2O5. The van der Waals surface area contributed by atoms with Gasteiger partial charge < -0.3 is 23.9 Å². The van der Waals surface area contributed by atoms with E-state index in [1.54, 1.807) is 76.1 Å². The number of ether oxygens (including phenoxy) is 3. The first-order valence-electron chi connectivity index (χ1n) is 9.86. The normalized spacial score (nSPS) is 10.5. The molecule has 0 aliphatic rings. The molecule has 0 spiro atoms. The minimum Gasteiger partial charge on any atom is -0.497 e. The molecule has 7 nitrogen and oxygen atoms in total. The molecule has 1 amide bonds. The molecule has 0 fully saturated rings. The van der Waals surface area contributed by atoms with Crippen LogP contribution in [0, 0.1) is 0 Å². The lowest BCUT2D eigenvalue weighted by Gasteiger charge is -2.09. The quantitative estimate of drug-likeness (QED) is 0.429. The Hall–Kier alpha value is -4.26. The second-order valence-electron chi connectivity index (χ2n) is 6.82. The van der Waals surface area contributed by atoms with Crippen LogP contribution in [0.4, 0.5) is 5.69 Å². The lowest BCUT2D eigenvalue weighted by molar-refractivity contribution is 0.102. The van der Waals surface area contributed by atoms with Crippen LogP contribution in [-0.4, -0.2) is 32.2 Å². The van der Waals surface area contributed by atoms with E-state index in [0.717, 1.165) is 5.56 Å². The average molecular weight is 430 g/mol. The van der Waals surface area contributed by atoms with Crippen molar-refractivity contribution in [3.63, 3.8) is 0 Å². The number of carbonyl (C=O) groups is 1. The zero-order valence-electron chi connectivity index (χ0n) is 17.9. The molecule has 0 aliphatic heterocycles. The molecule has 1 aromatic heterocycles. The smallest absolute Gasteiger partial charge is 0.256 e. The number of hydrogen-bond acceptors (Lipinski definition) is 6. The van der Waals surface area contributed by atoms with Crippen molar-refractivity contribution in [1.82, 2.24) is 4.98 Å². The Kier molecular flexibility index (Phi) is 6.07. The molecule has 4 rings (SSSR count). The van der Waals surface area contributed by atoms with Gasteiger partial charge in [-0.2, -0.15) is 0 Å². The molecule has 7 heteroatoms. The summed E-state index contributed by atoms with van der Waals surface area (Å²) < 4.78 is 21.9. The highest BCUT2D eigenvalue weighted by Gasteiger charge is 2.18. The number of anilines is 1. The number of amides is 1. The fraction of sp³-hybridized carbons (Fsp3) is 0.120. The van der Waals surface area contributed by atoms with Crippen molar-refractivity contribution in [2.45, 2.75) is 0 Å². The Morgan fingerprint density at radius 1 is 0.844 bits per heavy atom. The van der Waals surface area contributed by atoms with Crippen molar-refractivity contribution in [1.29, 1.82) is 0 Å². The summed E-state index contributed by atoms with van der Waals surface area (Å²) in [6, 6.07) is 19.7. The van der Waals surface area contributed by atoms with Crippen LogP contribution in [0.25, 0.3) is 22.8 Å². The van der Waals surface area contributed by atoms with E-state index >= 15 is 0 Å². The second-order valence-corrected chi connectivity index (χ2v) is 6.82. The third-order valence-corrected chi connectivity index (χ3v) is 4.93. The third-order valence-electron chi connectivity index (χ3n) is 4.93. The standard InChI is InChI=1S/C25H22N2O5/c1-29-17-10-8-16(9-11-17)27-24(28)19-6-4-5-7-20(19)25-26-15-23(32-25)21-13-12-18(30-2)14-22(21)31-3/h4-15H,1-3H3,(H,27,28). The maximum absolute atomic E-state index is 13.0. The Balaban J connectivity index is 1.63. The molecule has 3 aromatic carbocycles. The number of nitrogens with one attached hydrogen (secondary N) is 1. The minimum absolute atomic E-state index is 0.271. The van der Waals surface area contributed by atoms with Crippen LogP contribution in [0.1, 0.15) is 10.4 Å². The topological polar surface area (TPSA) is 82.8 Å². The van der Waals surface area contributed by atoms with Crippen LogP contribution >= 0.6 is 0 Å². The maximum Gasteiger partial charge on any atom is 0.256 e. The Morgan fingerprint density at radius 2 is 1.56 bits per heavy atom. The Bertz CT molecular complexity index is 1230. The van der Waals surface area contributed by atoms with Crippen molar-refractivity contribution in [3.8, 4) is 40.0 Å². The molecule has 0 radical (unpaired) electrons. The van der Waals surface area contributed by atoms with Gasteiger partial charge in [0.2, 0.25) is 5.89 Å². The number of carbonyl (C=O) groups excluding carboxylic acids is 1. The molecule has 32 heavy (non-hydrogen) atoms. The van der Waals surface area contributed by atoms with Gasteiger partial charge in [0, 0.05) is 17.3 Å². The highest BCUT2D eigenvalue weighted by molar-refractivity contribution is 6.08. The van der Waals surface area contributed by atoms with E-state index in [4.69, 9.17) is 18.6 Å². The largest absolute Gasteiger partial charge is 0.497 e. The summed E-state index contributed by atoms with van der Waals surface area (Å²) in [4.78, 5) is 17.4. The predicted octanol–water partition coefficient (Wildman–Crippen LogP) is 5.29. The highest BCUT2D eigenvalue weighted by Crippen LogP contribution is 2.35. The van der Waals surface area contributed by atoms with Gasteiger partial charge in [-0.1, -0.05) is 12.1 Å². The van der Waals surface area contributed by atoms with Gasteiger partial charge in [0.25, 0.3) is 5.91 Å². The van der Waals surface area contributed by atoms with E-state index < -0.39 is 0 Å². The van der Waals surface area contributed by atoms with Crippen LogP contribution < -0.4 is 19.5 Å². The number of methoxy groups -OCH3 is 3. The van der Waals surface area contributed by atoms with Gasteiger partial charge in [0.15, 0.2) is 5.76 Å². The van der Waals surface area contributed by atoms with Gasteiger partial charge in [-0.15, -0.1) is 0 Å². The van der Waals surface area contributed by atoms with Gasteiger partial charge in [0.05, 0.1) is 38.7 Å². The number of aromatic nitrogens is 1.